The third-order valence-corrected chi connectivity index (χ3v) is 2.89. The lowest BCUT2D eigenvalue weighted by Crippen LogP contribution is -1.86. The fraction of sp³-hybridized carbons (Fsp3) is 0.222. The van der Waals surface area contributed by atoms with Gasteiger partial charge in [-0.15, -0.1) is 11.3 Å². The Morgan fingerprint density at radius 3 is 2.79 bits per heavy atom. The molecule has 0 unspecified atom stereocenters. The van der Waals surface area contributed by atoms with Crippen LogP contribution in [-0.4, -0.2) is 20.7 Å². The molecule has 0 radical (unpaired) electrons. The molecule has 0 aliphatic heterocycles. The van der Waals surface area contributed by atoms with E-state index in [2.05, 4.69) is 33.0 Å². The molecule has 14 heavy (non-hydrogen) atoms. The molecule has 0 N–H and O–H groups in total. The molecule has 0 bridgehead atoms. The number of rotatable bonds is 3. The van der Waals surface area contributed by atoms with Gasteiger partial charge in [0.05, 0.1) is 5.69 Å². The van der Waals surface area contributed by atoms with Crippen molar-refractivity contribution in [1.82, 2.24) is 15.0 Å². The van der Waals surface area contributed by atoms with Gasteiger partial charge >= 0.3 is 0 Å². The summed E-state index contributed by atoms with van der Waals surface area (Å²) >= 11 is 5.79. The predicted molar refractivity (Wildman–Crippen MR) is 60.7 cm³/mol. The molecule has 2 aromatic rings. The van der Waals surface area contributed by atoms with Gasteiger partial charge in [0, 0.05) is 23.3 Å². The molecule has 0 saturated heterocycles. The van der Waals surface area contributed by atoms with Gasteiger partial charge in [-0.25, -0.2) is 15.0 Å². The first-order valence-corrected chi connectivity index (χ1v) is 5.72. The monoisotopic (exact) mass is 223 g/mol. The first-order valence-electron chi connectivity index (χ1n) is 4.21. The van der Waals surface area contributed by atoms with Crippen molar-refractivity contribution in [3.63, 3.8) is 0 Å². The summed E-state index contributed by atoms with van der Waals surface area (Å²) in [6.07, 6.45) is 5.98. The smallest absolute Gasteiger partial charge is 0.126 e. The van der Waals surface area contributed by atoms with E-state index >= 15 is 0 Å². The number of thiol groups is 1. The van der Waals surface area contributed by atoms with E-state index in [1.54, 1.807) is 23.7 Å². The largest absolute Gasteiger partial charge is 0.244 e. The molecule has 0 amide bonds. The number of aromatic nitrogens is 3. The van der Waals surface area contributed by atoms with Crippen molar-refractivity contribution < 1.29 is 0 Å². The molecule has 5 heteroatoms. The van der Waals surface area contributed by atoms with E-state index in [4.69, 9.17) is 0 Å². The Kier molecular flexibility index (Phi) is 3.10. The Hall–Kier alpha value is -0.940. The molecule has 0 spiro atoms. The molecule has 0 fully saturated rings. The quantitative estimate of drug-likeness (QED) is 0.810. The maximum Gasteiger partial charge on any atom is 0.126 e. The Bertz CT molecular complexity index is 399. The Morgan fingerprint density at radius 2 is 2.07 bits per heavy atom. The number of thiazole rings is 1. The molecule has 72 valence electrons. The zero-order valence-electron chi connectivity index (χ0n) is 7.42. The van der Waals surface area contributed by atoms with Gasteiger partial charge in [0.15, 0.2) is 0 Å². The van der Waals surface area contributed by atoms with Gasteiger partial charge in [-0.1, -0.05) is 0 Å². The minimum absolute atomic E-state index is 0.828. The lowest BCUT2D eigenvalue weighted by atomic mass is 10.3. The lowest BCUT2D eigenvalue weighted by molar-refractivity contribution is 1.08. The van der Waals surface area contributed by atoms with Crippen LogP contribution >= 0.6 is 24.0 Å². The summed E-state index contributed by atoms with van der Waals surface area (Å²) in [6, 6.07) is 0. The highest BCUT2D eigenvalue weighted by atomic mass is 32.1. The van der Waals surface area contributed by atoms with Gasteiger partial charge < -0.3 is 0 Å². The zero-order chi connectivity index (χ0) is 9.80. The summed E-state index contributed by atoms with van der Waals surface area (Å²) in [5.74, 6) is 0.828. The summed E-state index contributed by atoms with van der Waals surface area (Å²) in [5.41, 5.74) is 2.06. The third-order valence-electron chi connectivity index (χ3n) is 1.73. The Balaban J connectivity index is 2.25. The maximum absolute atomic E-state index is 4.46. The molecule has 2 heterocycles. The van der Waals surface area contributed by atoms with Gasteiger partial charge in [-0.2, -0.15) is 12.6 Å². The molecule has 0 atom stereocenters. The van der Waals surface area contributed by atoms with Gasteiger partial charge in [-0.05, 0) is 12.2 Å². The van der Waals surface area contributed by atoms with Crippen molar-refractivity contribution in [1.29, 1.82) is 0 Å². The van der Waals surface area contributed by atoms with E-state index < -0.39 is 0 Å². The zero-order valence-corrected chi connectivity index (χ0v) is 9.13. The maximum atomic E-state index is 4.46. The molecule has 2 rings (SSSR count). The molecule has 3 nitrogen and oxygen atoms in total. The highest BCUT2D eigenvalue weighted by Gasteiger charge is 2.03. The number of hydrogen-bond acceptors (Lipinski definition) is 5. The van der Waals surface area contributed by atoms with Crippen molar-refractivity contribution in [2.45, 2.75) is 6.42 Å². The van der Waals surface area contributed by atoms with Crippen LogP contribution in [0.1, 0.15) is 5.69 Å². The van der Waals surface area contributed by atoms with Crippen molar-refractivity contribution in [3.8, 4) is 10.6 Å². The van der Waals surface area contributed by atoms with Gasteiger partial charge in [-0.3, -0.25) is 0 Å². The predicted octanol–water partition coefficient (Wildman–Crippen LogP) is 2.07. The molecule has 0 aliphatic carbocycles. The first kappa shape index (κ1) is 9.61. The number of hydrogen-bond donors (Lipinski definition) is 1. The van der Waals surface area contributed by atoms with E-state index in [0.717, 1.165) is 28.4 Å². The average molecular weight is 223 g/mol. The van der Waals surface area contributed by atoms with Crippen LogP contribution in [0.3, 0.4) is 0 Å². The van der Waals surface area contributed by atoms with Crippen molar-refractivity contribution in [2.75, 3.05) is 5.75 Å². The van der Waals surface area contributed by atoms with Crippen LogP contribution in [0.2, 0.25) is 0 Å². The van der Waals surface area contributed by atoms with E-state index in [0.29, 0.717) is 0 Å². The van der Waals surface area contributed by atoms with E-state index in [-0.39, 0.29) is 0 Å². The molecule has 0 aromatic carbocycles. The summed E-state index contributed by atoms with van der Waals surface area (Å²) < 4.78 is 0. The minimum atomic E-state index is 0.828. The van der Waals surface area contributed by atoms with E-state index in [9.17, 15) is 0 Å². The molecular formula is C9H9N3S2. The first-order chi connectivity index (χ1) is 6.90. The molecule has 0 aliphatic rings. The summed E-state index contributed by atoms with van der Waals surface area (Å²) in [6.45, 7) is 0. The Labute approximate surface area is 91.7 Å². The number of nitrogens with zero attached hydrogens (tertiary/aromatic N) is 3. The van der Waals surface area contributed by atoms with Crippen molar-refractivity contribution in [3.05, 3.63) is 29.8 Å². The van der Waals surface area contributed by atoms with E-state index in [1.807, 2.05) is 0 Å². The van der Waals surface area contributed by atoms with Crippen molar-refractivity contribution in [2.24, 2.45) is 0 Å². The lowest BCUT2D eigenvalue weighted by Gasteiger charge is -1.92. The van der Waals surface area contributed by atoms with Crippen LogP contribution in [0.4, 0.5) is 0 Å². The third kappa shape index (κ3) is 2.10. The standard InChI is InChI=1S/C9H9N3S2/c13-2-1-8-5-14-9(12-8)7-3-10-6-11-4-7/h3-6,13H,1-2H2. The normalized spacial score (nSPS) is 10.4. The second kappa shape index (κ2) is 4.52. The minimum Gasteiger partial charge on any atom is -0.244 e. The fourth-order valence-corrected chi connectivity index (χ4v) is 2.14. The van der Waals surface area contributed by atoms with Crippen LogP contribution in [0.15, 0.2) is 24.1 Å². The second-order valence-electron chi connectivity index (χ2n) is 2.74. The number of aryl methyl sites for hydroxylation is 1. The molecule has 0 saturated carbocycles. The van der Waals surface area contributed by atoms with Crippen LogP contribution in [0.5, 0.6) is 0 Å². The van der Waals surface area contributed by atoms with Crippen molar-refractivity contribution >= 4 is 24.0 Å². The molecular weight excluding hydrogens is 214 g/mol. The summed E-state index contributed by atoms with van der Waals surface area (Å²) in [4.78, 5) is 12.4. The Morgan fingerprint density at radius 1 is 1.29 bits per heavy atom. The van der Waals surface area contributed by atoms with Crippen LogP contribution in [0.25, 0.3) is 10.6 Å². The summed E-state index contributed by atoms with van der Waals surface area (Å²) in [5, 5.41) is 3.03. The fourth-order valence-electron chi connectivity index (χ4n) is 1.08. The van der Waals surface area contributed by atoms with Gasteiger partial charge in [0.25, 0.3) is 0 Å². The molecule has 2 aromatic heterocycles. The van der Waals surface area contributed by atoms with Crippen LogP contribution in [0, 0.1) is 0 Å². The van der Waals surface area contributed by atoms with E-state index in [1.165, 1.54) is 6.33 Å². The highest BCUT2D eigenvalue weighted by Crippen LogP contribution is 2.22. The highest BCUT2D eigenvalue weighted by molar-refractivity contribution is 7.80. The van der Waals surface area contributed by atoms with Crippen LogP contribution < -0.4 is 0 Å². The second-order valence-corrected chi connectivity index (χ2v) is 4.05. The van der Waals surface area contributed by atoms with Gasteiger partial charge in [0.1, 0.15) is 11.3 Å². The average Bonchev–Trinajstić information content (AvgIpc) is 2.68. The van der Waals surface area contributed by atoms with Gasteiger partial charge in [0.2, 0.25) is 0 Å². The topological polar surface area (TPSA) is 38.7 Å². The SMILES string of the molecule is SCCc1csc(-c2cncnc2)n1. The van der Waals surface area contributed by atoms with Crippen LogP contribution in [-0.2, 0) is 6.42 Å². The summed E-state index contributed by atoms with van der Waals surface area (Å²) in [7, 11) is 0.